The number of esters is 1. The predicted octanol–water partition coefficient (Wildman–Crippen LogP) is 2.12. The molecule has 0 spiro atoms. The maximum atomic E-state index is 14.9. The maximum absolute atomic E-state index is 14.9. The predicted molar refractivity (Wildman–Crippen MR) is 107 cm³/mol. The van der Waals surface area contributed by atoms with E-state index >= 15 is 0 Å². The zero-order valence-electron chi connectivity index (χ0n) is 16.4. The number of piperazine rings is 1. The summed E-state index contributed by atoms with van der Waals surface area (Å²) in [6.45, 7) is 3.86. The number of pyridine rings is 1. The van der Waals surface area contributed by atoms with E-state index in [4.69, 9.17) is 4.74 Å². The lowest BCUT2D eigenvalue weighted by Gasteiger charge is -2.32. The minimum absolute atomic E-state index is 0.0831. The summed E-state index contributed by atoms with van der Waals surface area (Å²) in [4.78, 5) is 30.0. The standard InChI is InChI=1S/C20H24FN5O3/c1-13-6-7-15(10-23-13)24-20(28)25-16-5-3-4-14(18(16)21)11-26-9-8-22-17(12-26)19(27)29-2/h3-7,10,17,22H,8-9,11-12H2,1-2H3,(H2,24,25,28)/t17-/m0/s1. The zero-order chi connectivity index (χ0) is 20.8. The number of aryl methyl sites for hydroxylation is 1. The van der Waals surface area contributed by atoms with Gasteiger partial charge in [0, 0.05) is 37.4 Å². The molecule has 3 rings (SSSR count). The van der Waals surface area contributed by atoms with Gasteiger partial charge in [-0.05, 0) is 25.1 Å². The van der Waals surface area contributed by atoms with Crippen LogP contribution in [0.3, 0.4) is 0 Å². The molecule has 1 aromatic carbocycles. The molecular formula is C20H24FN5O3. The summed E-state index contributed by atoms with van der Waals surface area (Å²) in [5.41, 5.74) is 1.86. The van der Waals surface area contributed by atoms with Crippen molar-refractivity contribution in [2.45, 2.75) is 19.5 Å². The van der Waals surface area contributed by atoms with Gasteiger partial charge in [0.1, 0.15) is 6.04 Å². The van der Waals surface area contributed by atoms with E-state index in [0.717, 1.165) is 5.69 Å². The Bertz CT molecular complexity index is 875. The number of amides is 2. The minimum atomic E-state index is -0.556. The van der Waals surface area contributed by atoms with Crippen LogP contribution in [0.4, 0.5) is 20.6 Å². The third kappa shape index (κ3) is 5.49. The first kappa shape index (κ1) is 20.7. The van der Waals surface area contributed by atoms with Crippen molar-refractivity contribution in [1.82, 2.24) is 15.2 Å². The second-order valence-corrected chi connectivity index (χ2v) is 6.81. The average molecular weight is 401 g/mol. The molecule has 2 aromatic rings. The van der Waals surface area contributed by atoms with Crippen LogP contribution >= 0.6 is 0 Å². The summed E-state index contributed by atoms with van der Waals surface area (Å²) in [6, 6.07) is 7.34. The largest absolute Gasteiger partial charge is 0.468 e. The number of aromatic nitrogens is 1. The molecule has 154 valence electrons. The van der Waals surface area contributed by atoms with Crippen LogP contribution in [0.2, 0.25) is 0 Å². The fourth-order valence-corrected chi connectivity index (χ4v) is 3.12. The van der Waals surface area contributed by atoms with Crippen LogP contribution in [-0.4, -0.2) is 54.7 Å². The Hall–Kier alpha value is -3.04. The van der Waals surface area contributed by atoms with Gasteiger partial charge in [0.25, 0.3) is 0 Å². The third-order valence-corrected chi connectivity index (χ3v) is 4.64. The lowest BCUT2D eigenvalue weighted by Crippen LogP contribution is -2.54. The molecular weight excluding hydrogens is 377 g/mol. The number of hydrogen-bond acceptors (Lipinski definition) is 6. The summed E-state index contributed by atoms with van der Waals surface area (Å²) in [5, 5.41) is 8.23. The van der Waals surface area contributed by atoms with Crippen LogP contribution in [0.15, 0.2) is 36.5 Å². The molecule has 0 aliphatic carbocycles. The van der Waals surface area contributed by atoms with Crippen molar-refractivity contribution in [3.63, 3.8) is 0 Å². The molecule has 29 heavy (non-hydrogen) atoms. The molecule has 0 unspecified atom stereocenters. The highest BCUT2D eigenvalue weighted by molar-refractivity contribution is 5.99. The van der Waals surface area contributed by atoms with E-state index in [-0.39, 0.29) is 11.7 Å². The molecule has 0 radical (unpaired) electrons. The Morgan fingerprint density at radius 1 is 1.31 bits per heavy atom. The quantitative estimate of drug-likeness (QED) is 0.665. The number of carbonyl (C=O) groups excluding carboxylic acids is 2. The first-order valence-corrected chi connectivity index (χ1v) is 9.28. The van der Waals surface area contributed by atoms with Crippen molar-refractivity contribution in [1.29, 1.82) is 0 Å². The van der Waals surface area contributed by atoms with Crippen LogP contribution in [0.25, 0.3) is 0 Å². The van der Waals surface area contributed by atoms with Crippen LogP contribution in [-0.2, 0) is 16.1 Å². The van der Waals surface area contributed by atoms with Crippen molar-refractivity contribution in [3.8, 4) is 0 Å². The first-order valence-electron chi connectivity index (χ1n) is 9.28. The normalized spacial score (nSPS) is 16.9. The summed E-state index contributed by atoms with van der Waals surface area (Å²) in [6.07, 6.45) is 1.53. The van der Waals surface area contributed by atoms with Crippen LogP contribution in [0, 0.1) is 12.7 Å². The number of anilines is 2. The fraction of sp³-hybridized carbons (Fsp3) is 0.350. The van der Waals surface area contributed by atoms with Crippen LogP contribution in [0.1, 0.15) is 11.3 Å². The molecule has 2 amide bonds. The lowest BCUT2D eigenvalue weighted by molar-refractivity contribution is -0.144. The Kier molecular flexibility index (Phi) is 6.73. The summed E-state index contributed by atoms with van der Waals surface area (Å²) in [5.74, 6) is -0.842. The van der Waals surface area contributed by atoms with Gasteiger partial charge < -0.3 is 20.7 Å². The van der Waals surface area contributed by atoms with Crippen molar-refractivity contribution in [3.05, 3.63) is 53.6 Å². The number of benzene rings is 1. The van der Waals surface area contributed by atoms with Crippen LogP contribution in [0.5, 0.6) is 0 Å². The van der Waals surface area contributed by atoms with Gasteiger partial charge in [-0.3, -0.25) is 14.7 Å². The fourth-order valence-electron chi connectivity index (χ4n) is 3.12. The first-order chi connectivity index (χ1) is 14.0. The number of ether oxygens (including phenoxy) is 1. The number of nitrogens with one attached hydrogen (secondary N) is 3. The molecule has 1 fully saturated rings. The highest BCUT2D eigenvalue weighted by Gasteiger charge is 2.26. The number of nitrogens with zero attached hydrogens (tertiary/aromatic N) is 2. The summed E-state index contributed by atoms with van der Waals surface area (Å²) < 4.78 is 19.7. The molecule has 2 heterocycles. The molecule has 8 nitrogen and oxygen atoms in total. The second kappa shape index (κ2) is 9.44. The highest BCUT2D eigenvalue weighted by atomic mass is 19.1. The lowest BCUT2D eigenvalue weighted by atomic mass is 10.1. The van der Waals surface area contributed by atoms with E-state index in [1.54, 1.807) is 24.3 Å². The van der Waals surface area contributed by atoms with Gasteiger partial charge in [0.15, 0.2) is 5.82 Å². The number of hydrogen-bond donors (Lipinski definition) is 3. The Morgan fingerprint density at radius 2 is 2.14 bits per heavy atom. The molecule has 1 aliphatic rings. The van der Waals surface area contributed by atoms with E-state index in [1.807, 2.05) is 11.8 Å². The summed E-state index contributed by atoms with van der Waals surface area (Å²) in [7, 11) is 1.34. The smallest absolute Gasteiger partial charge is 0.324 e. The SMILES string of the molecule is COC(=O)[C@@H]1CN(Cc2cccc(NC(=O)Nc3ccc(C)nc3)c2F)CCN1. The Morgan fingerprint density at radius 3 is 2.86 bits per heavy atom. The molecule has 1 atom stereocenters. The maximum Gasteiger partial charge on any atom is 0.324 e. The van der Waals surface area contributed by atoms with E-state index < -0.39 is 17.9 Å². The van der Waals surface area contributed by atoms with Gasteiger partial charge in [-0.15, -0.1) is 0 Å². The van der Waals surface area contributed by atoms with E-state index in [9.17, 15) is 14.0 Å². The van der Waals surface area contributed by atoms with Gasteiger partial charge in [0.2, 0.25) is 0 Å². The number of methoxy groups -OCH3 is 1. The molecule has 3 N–H and O–H groups in total. The highest BCUT2D eigenvalue weighted by Crippen LogP contribution is 2.20. The van der Waals surface area contributed by atoms with Crippen molar-refractivity contribution in [2.24, 2.45) is 0 Å². The van der Waals surface area contributed by atoms with Gasteiger partial charge in [-0.25, -0.2) is 9.18 Å². The molecule has 1 aliphatic heterocycles. The monoisotopic (exact) mass is 401 g/mol. The number of halogens is 1. The van der Waals surface area contributed by atoms with Crippen molar-refractivity contribution >= 4 is 23.4 Å². The molecule has 1 saturated heterocycles. The summed E-state index contributed by atoms with van der Waals surface area (Å²) >= 11 is 0. The molecule has 9 heteroatoms. The van der Waals surface area contributed by atoms with Gasteiger partial charge in [-0.2, -0.15) is 0 Å². The molecule has 1 aromatic heterocycles. The number of urea groups is 1. The third-order valence-electron chi connectivity index (χ3n) is 4.64. The van der Waals surface area contributed by atoms with Crippen molar-refractivity contribution < 1.29 is 18.7 Å². The van der Waals surface area contributed by atoms with Gasteiger partial charge in [-0.1, -0.05) is 12.1 Å². The zero-order valence-corrected chi connectivity index (χ0v) is 16.4. The van der Waals surface area contributed by atoms with E-state index in [0.29, 0.717) is 37.4 Å². The number of carbonyl (C=O) groups is 2. The molecule has 0 saturated carbocycles. The van der Waals surface area contributed by atoms with Crippen LogP contribution < -0.4 is 16.0 Å². The van der Waals surface area contributed by atoms with Crippen molar-refractivity contribution in [2.75, 3.05) is 37.4 Å². The number of rotatable bonds is 5. The topological polar surface area (TPSA) is 95.6 Å². The van der Waals surface area contributed by atoms with E-state index in [1.165, 1.54) is 19.4 Å². The Balaban J connectivity index is 1.63. The van der Waals surface area contributed by atoms with Gasteiger partial charge >= 0.3 is 12.0 Å². The van der Waals surface area contributed by atoms with Gasteiger partial charge in [0.05, 0.1) is 24.7 Å². The van der Waals surface area contributed by atoms with E-state index in [2.05, 4.69) is 20.9 Å². The Labute approximate surface area is 168 Å². The minimum Gasteiger partial charge on any atom is -0.468 e. The average Bonchev–Trinajstić information content (AvgIpc) is 2.72. The second-order valence-electron chi connectivity index (χ2n) is 6.81. The molecule has 0 bridgehead atoms.